The second-order valence-corrected chi connectivity index (χ2v) is 6.44. The summed E-state index contributed by atoms with van der Waals surface area (Å²) >= 11 is 0. The largest absolute Gasteiger partial charge is 0.370 e. The zero-order chi connectivity index (χ0) is 17.1. The van der Waals surface area contributed by atoms with Crippen LogP contribution in [-0.4, -0.2) is 52.2 Å². The van der Waals surface area contributed by atoms with Gasteiger partial charge in [0.15, 0.2) is 5.96 Å². The van der Waals surface area contributed by atoms with Crippen molar-refractivity contribution >= 4 is 11.9 Å². The quantitative estimate of drug-likeness (QED) is 0.656. The van der Waals surface area contributed by atoms with E-state index in [4.69, 9.17) is 10.3 Å². The molecule has 8 heteroatoms. The highest BCUT2D eigenvalue weighted by Crippen LogP contribution is 2.24. The number of guanidine groups is 1. The molecule has 1 saturated heterocycles. The second-order valence-electron chi connectivity index (χ2n) is 6.44. The fourth-order valence-corrected chi connectivity index (χ4v) is 3.42. The van der Waals surface area contributed by atoms with Gasteiger partial charge in [0, 0.05) is 50.6 Å². The Morgan fingerprint density at radius 1 is 1.12 bits per heavy atom. The lowest BCUT2D eigenvalue weighted by molar-refractivity contribution is 0.367. The van der Waals surface area contributed by atoms with Gasteiger partial charge in [-0.05, 0) is 25.3 Å². The zero-order valence-corrected chi connectivity index (χ0v) is 14.3. The van der Waals surface area contributed by atoms with Crippen LogP contribution in [0.25, 0.3) is 0 Å². The number of hydrogen-bond donors (Lipinski definition) is 1. The van der Waals surface area contributed by atoms with Crippen molar-refractivity contribution in [1.29, 1.82) is 0 Å². The standard InChI is InChI=1S/C17H23N7O/c18-16(21-12-14-13-4-1-2-5-15(13)25-22-14)23-8-10-24(11-9-23)17-19-6-3-7-20-17/h3,6-7H,1-2,4-5,8-12H2,(H2,18,21). The predicted octanol–water partition coefficient (Wildman–Crippen LogP) is 0.980. The number of aliphatic imine (C=N–C) groups is 1. The molecule has 0 radical (unpaired) electrons. The lowest BCUT2D eigenvalue weighted by Gasteiger charge is -2.35. The molecule has 0 saturated carbocycles. The van der Waals surface area contributed by atoms with Gasteiger partial charge in [0.05, 0.1) is 6.54 Å². The molecule has 0 spiro atoms. The molecule has 3 heterocycles. The van der Waals surface area contributed by atoms with Gasteiger partial charge in [-0.15, -0.1) is 0 Å². The highest BCUT2D eigenvalue weighted by Gasteiger charge is 2.21. The molecule has 1 aliphatic heterocycles. The minimum atomic E-state index is 0.493. The van der Waals surface area contributed by atoms with Crippen LogP contribution in [0.15, 0.2) is 28.0 Å². The Morgan fingerprint density at radius 3 is 2.68 bits per heavy atom. The Labute approximate surface area is 146 Å². The van der Waals surface area contributed by atoms with Crippen molar-refractivity contribution in [2.45, 2.75) is 32.2 Å². The molecular formula is C17H23N7O. The first-order valence-electron chi connectivity index (χ1n) is 8.84. The van der Waals surface area contributed by atoms with Crippen LogP contribution in [0.4, 0.5) is 5.95 Å². The summed E-state index contributed by atoms with van der Waals surface area (Å²) < 4.78 is 5.43. The molecule has 8 nitrogen and oxygen atoms in total. The van der Waals surface area contributed by atoms with Crippen molar-refractivity contribution in [2.24, 2.45) is 10.7 Å². The van der Waals surface area contributed by atoms with Crippen LogP contribution in [0.1, 0.15) is 29.9 Å². The van der Waals surface area contributed by atoms with Crippen molar-refractivity contribution in [3.63, 3.8) is 0 Å². The summed E-state index contributed by atoms with van der Waals surface area (Å²) in [4.78, 5) is 17.4. The van der Waals surface area contributed by atoms with E-state index in [0.29, 0.717) is 12.5 Å². The second kappa shape index (κ2) is 7.08. The monoisotopic (exact) mass is 341 g/mol. The molecular weight excluding hydrogens is 318 g/mol. The third-order valence-electron chi connectivity index (χ3n) is 4.86. The summed E-state index contributed by atoms with van der Waals surface area (Å²) in [6, 6.07) is 1.83. The van der Waals surface area contributed by atoms with Crippen LogP contribution >= 0.6 is 0 Å². The minimum absolute atomic E-state index is 0.493. The highest BCUT2D eigenvalue weighted by atomic mass is 16.5. The van der Waals surface area contributed by atoms with Crippen molar-refractivity contribution < 1.29 is 4.52 Å². The van der Waals surface area contributed by atoms with Crippen LogP contribution < -0.4 is 10.6 Å². The van der Waals surface area contributed by atoms with Crippen molar-refractivity contribution in [2.75, 3.05) is 31.1 Å². The summed E-state index contributed by atoms with van der Waals surface area (Å²) in [5.41, 5.74) is 8.38. The first-order chi connectivity index (χ1) is 12.3. The molecule has 2 aromatic heterocycles. The summed E-state index contributed by atoms with van der Waals surface area (Å²) in [6.45, 7) is 3.78. The molecule has 132 valence electrons. The zero-order valence-electron chi connectivity index (χ0n) is 14.3. The third kappa shape index (κ3) is 3.42. The molecule has 0 amide bonds. The Bertz CT molecular complexity index is 735. The predicted molar refractivity (Wildman–Crippen MR) is 94.3 cm³/mol. The van der Waals surface area contributed by atoms with E-state index in [1.807, 2.05) is 6.07 Å². The topological polar surface area (TPSA) is 96.7 Å². The molecule has 1 fully saturated rings. The van der Waals surface area contributed by atoms with E-state index in [-0.39, 0.29) is 0 Å². The lowest BCUT2D eigenvalue weighted by Crippen LogP contribution is -2.51. The van der Waals surface area contributed by atoms with E-state index >= 15 is 0 Å². The van der Waals surface area contributed by atoms with Gasteiger partial charge in [-0.2, -0.15) is 0 Å². The molecule has 0 atom stereocenters. The van der Waals surface area contributed by atoms with Crippen molar-refractivity contribution in [3.05, 3.63) is 35.5 Å². The van der Waals surface area contributed by atoms with Gasteiger partial charge in [0.2, 0.25) is 5.95 Å². The number of fused-ring (bicyclic) bond motifs is 1. The number of hydrogen-bond acceptors (Lipinski definition) is 6. The maximum atomic E-state index is 6.19. The van der Waals surface area contributed by atoms with E-state index in [1.54, 1.807) is 12.4 Å². The molecule has 0 bridgehead atoms. The summed E-state index contributed by atoms with van der Waals surface area (Å²) in [5, 5.41) is 4.19. The van der Waals surface area contributed by atoms with Crippen LogP contribution in [0.5, 0.6) is 0 Å². The highest BCUT2D eigenvalue weighted by molar-refractivity contribution is 5.78. The van der Waals surface area contributed by atoms with Crippen molar-refractivity contribution in [1.82, 2.24) is 20.0 Å². The van der Waals surface area contributed by atoms with Crippen LogP contribution in [-0.2, 0) is 19.4 Å². The van der Waals surface area contributed by atoms with Crippen LogP contribution in [0.2, 0.25) is 0 Å². The number of anilines is 1. The molecule has 1 aliphatic carbocycles. The number of aromatic nitrogens is 3. The van der Waals surface area contributed by atoms with Crippen LogP contribution in [0.3, 0.4) is 0 Å². The first-order valence-corrected chi connectivity index (χ1v) is 8.84. The fraction of sp³-hybridized carbons (Fsp3) is 0.529. The van der Waals surface area contributed by atoms with E-state index < -0.39 is 0 Å². The molecule has 2 N–H and O–H groups in total. The number of nitrogens with two attached hydrogens (primary N) is 1. The van der Waals surface area contributed by atoms with Gasteiger partial charge in [0.25, 0.3) is 0 Å². The van der Waals surface area contributed by atoms with Gasteiger partial charge in [-0.25, -0.2) is 15.0 Å². The van der Waals surface area contributed by atoms with E-state index in [0.717, 1.165) is 56.4 Å². The average molecular weight is 341 g/mol. The number of piperazine rings is 1. The van der Waals surface area contributed by atoms with Gasteiger partial charge < -0.3 is 20.1 Å². The normalized spacial score (nSPS) is 18.3. The lowest BCUT2D eigenvalue weighted by atomic mass is 9.96. The third-order valence-corrected chi connectivity index (χ3v) is 4.86. The first kappa shape index (κ1) is 15.9. The number of nitrogens with zero attached hydrogens (tertiary/aromatic N) is 6. The molecule has 4 rings (SSSR count). The Kier molecular flexibility index (Phi) is 4.49. The summed E-state index contributed by atoms with van der Waals surface area (Å²) in [7, 11) is 0. The summed E-state index contributed by atoms with van der Waals surface area (Å²) in [6.07, 6.45) is 7.95. The molecule has 2 aliphatic rings. The summed E-state index contributed by atoms with van der Waals surface area (Å²) in [5.74, 6) is 2.37. The minimum Gasteiger partial charge on any atom is -0.370 e. The Hall–Kier alpha value is -2.64. The maximum absolute atomic E-state index is 6.19. The molecule has 2 aromatic rings. The van der Waals surface area contributed by atoms with E-state index in [9.17, 15) is 0 Å². The molecule has 0 aromatic carbocycles. The van der Waals surface area contributed by atoms with E-state index in [1.165, 1.54) is 18.4 Å². The maximum Gasteiger partial charge on any atom is 0.225 e. The molecule has 25 heavy (non-hydrogen) atoms. The smallest absolute Gasteiger partial charge is 0.225 e. The Balaban J connectivity index is 1.35. The van der Waals surface area contributed by atoms with Crippen molar-refractivity contribution in [3.8, 4) is 0 Å². The van der Waals surface area contributed by atoms with Crippen LogP contribution in [0, 0.1) is 0 Å². The number of aryl methyl sites for hydroxylation is 1. The fourth-order valence-electron chi connectivity index (χ4n) is 3.42. The average Bonchev–Trinajstić information content (AvgIpc) is 3.10. The SMILES string of the molecule is NC(=NCc1noc2c1CCCC2)N1CCN(c2ncccn2)CC1. The Morgan fingerprint density at radius 2 is 1.88 bits per heavy atom. The van der Waals surface area contributed by atoms with Gasteiger partial charge in [-0.3, -0.25) is 0 Å². The van der Waals surface area contributed by atoms with Gasteiger partial charge in [0.1, 0.15) is 11.5 Å². The van der Waals surface area contributed by atoms with Gasteiger partial charge in [-0.1, -0.05) is 5.16 Å². The van der Waals surface area contributed by atoms with Gasteiger partial charge >= 0.3 is 0 Å². The molecule has 0 unspecified atom stereocenters. The van der Waals surface area contributed by atoms with E-state index in [2.05, 4.69) is 29.9 Å². The number of rotatable bonds is 3.